The molecule has 0 amide bonds. The maximum Gasteiger partial charge on any atom is 0.00928 e. The van der Waals surface area contributed by atoms with Crippen molar-refractivity contribution in [2.75, 3.05) is 13.1 Å². The van der Waals surface area contributed by atoms with Gasteiger partial charge in [-0.3, -0.25) is 4.90 Å². The lowest BCUT2D eigenvalue weighted by Crippen LogP contribution is -2.48. The van der Waals surface area contributed by atoms with Crippen LogP contribution in [0.4, 0.5) is 0 Å². The summed E-state index contributed by atoms with van der Waals surface area (Å²) in [6.45, 7) is 9.89. The van der Waals surface area contributed by atoms with Gasteiger partial charge in [-0.15, -0.1) is 0 Å². The van der Waals surface area contributed by atoms with Gasteiger partial charge in [0.15, 0.2) is 0 Å². The molecule has 2 N–H and O–H groups in total. The lowest BCUT2D eigenvalue weighted by Gasteiger charge is -2.43. The van der Waals surface area contributed by atoms with Crippen LogP contribution >= 0.6 is 0 Å². The van der Waals surface area contributed by atoms with Crippen molar-refractivity contribution in [2.24, 2.45) is 23.5 Å². The summed E-state index contributed by atoms with van der Waals surface area (Å²) in [5.74, 6) is 2.66. The highest BCUT2D eigenvalue weighted by Gasteiger charge is 2.30. The predicted molar refractivity (Wildman–Crippen MR) is 73.9 cm³/mol. The Labute approximate surface area is 107 Å². The zero-order valence-electron chi connectivity index (χ0n) is 11.9. The summed E-state index contributed by atoms with van der Waals surface area (Å²) in [5, 5.41) is 0. The van der Waals surface area contributed by atoms with Crippen LogP contribution in [0.25, 0.3) is 0 Å². The molecule has 2 heteroatoms. The molecule has 100 valence electrons. The van der Waals surface area contributed by atoms with E-state index in [0.717, 1.165) is 23.8 Å². The first-order valence-electron chi connectivity index (χ1n) is 7.56. The van der Waals surface area contributed by atoms with Gasteiger partial charge in [0.05, 0.1) is 0 Å². The largest absolute Gasteiger partial charge is 0.328 e. The summed E-state index contributed by atoms with van der Waals surface area (Å²) in [6.07, 6.45) is 6.61. The second kappa shape index (κ2) is 5.71. The average Bonchev–Trinajstić information content (AvgIpc) is 2.28. The summed E-state index contributed by atoms with van der Waals surface area (Å²) in [4.78, 5) is 2.75. The molecule has 2 fully saturated rings. The molecule has 2 nitrogen and oxygen atoms in total. The minimum Gasteiger partial charge on any atom is -0.328 e. The highest BCUT2D eigenvalue weighted by molar-refractivity contribution is 4.85. The number of nitrogens with two attached hydrogens (primary N) is 1. The standard InChI is InChI=1S/C15H30N2/c1-11-8-12(2)13(3)17(9-11)10-14-4-6-15(16)7-5-14/h11-15H,4-10,16H2,1-3H3. The van der Waals surface area contributed by atoms with Crippen molar-refractivity contribution in [3.63, 3.8) is 0 Å². The van der Waals surface area contributed by atoms with Crippen LogP contribution in [0.5, 0.6) is 0 Å². The fraction of sp³-hybridized carbons (Fsp3) is 1.00. The minimum atomic E-state index is 0.489. The van der Waals surface area contributed by atoms with Crippen LogP contribution in [0.3, 0.4) is 0 Å². The molecule has 0 spiro atoms. The molecule has 1 aliphatic carbocycles. The molecule has 3 atom stereocenters. The molecule has 0 aromatic carbocycles. The van der Waals surface area contributed by atoms with Gasteiger partial charge in [0, 0.05) is 25.2 Å². The normalized spacial score (nSPS) is 44.8. The Morgan fingerprint density at radius 2 is 1.71 bits per heavy atom. The van der Waals surface area contributed by atoms with Crippen molar-refractivity contribution in [3.8, 4) is 0 Å². The first-order valence-corrected chi connectivity index (χ1v) is 7.56. The van der Waals surface area contributed by atoms with E-state index in [1.54, 1.807) is 0 Å². The SMILES string of the molecule is CC1CC(C)C(C)N(CC2CCC(N)CC2)C1. The van der Waals surface area contributed by atoms with E-state index in [4.69, 9.17) is 5.73 Å². The summed E-state index contributed by atoms with van der Waals surface area (Å²) in [6, 6.07) is 1.27. The van der Waals surface area contributed by atoms with E-state index in [0.29, 0.717) is 6.04 Å². The third-order valence-corrected chi connectivity index (χ3v) is 5.10. The van der Waals surface area contributed by atoms with Crippen molar-refractivity contribution in [1.82, 2.24) is 4.90 Å². The molecular weight excluding hydrogens is 208 g/mol. The van der Waals surface area contributed by atoms with Gasteiger partial charge in [-0.05, 0) is 56.8 Å². The minimum absolute atomic E-state index is 0.489. The van der Waals surface area contributed by atoms with Crippen molar-refractivity contribution in [2.45, 2.75) is 65.0 Å². The van der Waals surface area contributed by atoms with Crippen molar-refractivity contribution < 1.29 is 0 Å². The third kappa shape index (κ3) is 3.45. The lowest BCUT2D eigenvalue weighted by atomic mass is 9.82. The molecule has 17 heavy (non-hydrogen) atoms. The zero-order valence-corrected chi connectivity index (χ0v) is 11.9. The average molecular weight is 238 g/mol. The lowest BCUT2D eigenvalue weighted by molar-refractivity contribution is 0.0574. The Morgan fingerprint density at radius 3 is 2.35 bits per heavy atom. The van der Waals surface area contributed by atoms with Gasteiger partial charge in [0.25, 0.3) is 0 Å². The summed E-state index contributed by atoms with van der Waals surface area (Å²) in [7, 11) is 0. The smallest absolute Gasteiger partial charge is 0.00928 e. The number of piperidine rings is 1. The molecule has 1 aliphatic heterocycles. The molecule has 1 heterocycles. The van der Waals surface area contributed by atoms with Crippen LogP contribution in [0.1, 0.15) is 52.9 Å². The Hall–Kier alpha value is -0.0800. The number of likely N-dealkylation sites (tertiary alicyclic amines) is 1. The van der Waals surface area contributed by atoms with Crippen molar-refractivity contribution >= 4 is 0 Å². The maximum absolute atomic E-state index is 5.99. The van der Waals surface area contributed by atoms with E-state index < -0.39 is 0 Å². The van der Waals surface area contributed by atoms with Gasteiger partial charge in [-0.2, -0.15) is 0 Å². The summed E-state index contributed by atoms with van der Waals surface area (Å²) < 4.78 is 0. The van der Waals surface area contributed by atoms with Crippen LogP contribution in [0.15, 0.2) is 0 Å². The van der Waals surface area contributed by atoms with Gasteiger partial charge in [-0.1, -0.05) is 13.8 Å². The molecule has 1 saturated carbocycles. The molecule has 3 unspecified atom stereocenters. The molecule has 0 aromatic heterocycles. The fourth-order valence-electron chi connectivity index (χ4n) is 3.78. The fourth-order valence-corrected chi connectivity index (χ4v) is 3.78. The topological polar surface area (TPSA) is 29.3 Å². The predicted octanol–water partition coefficient (Wildman–Crippen LogP) is 2.87. The maximum atomic E-state index is 5.99. The summed E-state index contributed by atoms with van der Waals surface area (Å²) >= 11 is 0. The second-order valence-electron chi connectivity index (χ2n) is 6.79. The quantitative estimate of drug-likeness (QED) is 0.801. The second-order valence-corrected chi connectivity index (χ2v) is 6.79. The highest BCUT2D eigenvalue weighted by Crippen LogP contribution is 2.30. The monoisotopic (exact) mass is 238 g/mol. The Morgan fingerprint density at radius 1 is 1.06 bits per heavy atom. The van der Waals surface area contributed by atoms with Crippen LogP contribution in [0.2, 0.25) is 0 Å². The van der Waals surface area contributed by atoms with E-state index in [1.807, 2.05) is 0 Å². The highest BCUT2D eigenvalue weighted by atomic mass is 15.2. The van der Waals surface area contributed by atoms with Gasteiger partial charge in [0.2, 0.25) is 0 Å². The van der Waals surface area contributed by atoms with Crippen LogP contribution in [-0.2, 0) is 0 Å². The van der Waals surface area contributed by atoms with Gasteiger partial charge >= 0.3 is 0 Å². The molecule has 0 radical (unpaired) electrons. The Bertz CT molecular complexity index is 233. The Kier molecular flexibility index (Phi) is 4.48. The van der Waals surface area contributed by atoms with Gasteiger partial charge in [-0.25, -0.2) is 0 Å². The van der Waals surface area contributed by atoms with E-state index in [1.165, 1.54) is 45.2 Å². The summed E-state index contributed by atoms with van der Waals surface area (Å²) in [5.41, 5.74) is 5.99. The van der Waals surface area contributed by atoms with E-state index in [2.05, 4.69) is 25.7 Å². The zero-order chi connectivity index (χ0) is 12.4. The molecule has 1 saturated heterocycles. The molecule has 0 bridgehead atoms. The van der Waals surface area contributed by atoms with E-state index >= 15 is 0 Å². The number of hydrogen-bond acceptors (Lipinski definition) is 2. The first-order chi connectivity index (χ1) is 8.06. The number of nitrogens with zero attached hydrogens (tertiary/aromatic N) is 1. The molecule has 2 rings (SSSR count). The molecule has 2 aliphatic rings. The van der Waals surface area contributed by atoms with Gasteiger partial charge in [0.1, 0.15) is 0 Å². The van der Waals surface area contributed by atoms with Crippen LogP contribution in [-0.4, -0.2) is 30.1 Å². The van der Waals surface area contributed by atoms with E-state index in [-0.39, 0.29) is 0 Å². The third-order valence-electron chi connectivity index (χ3n) is 5.10. The first kappa shape index (κ1) is 13.4. The van der Waals surface area contributed by atoms with Crippen LogP contribution < -0.4 is 5.73 Å². The van der Waals surface area contributed by atoms with E-state index in [9.17, 15) is 0 Å². The number of hydrogen-bond donors (Lipinski definition) is 1. The van der Waals surface area contributed by atoms with Crippen LogP contribution in [0, 0.1) is 17.8 Å². The Balaban J connectivity index is 1.84. The molecular formula is C15H30N2. The number of rotatable bonds is 2. The van der Waals surface area contributed by atoms with Crippen molar-refractivity contribution in [1.29, 1.82) is 0 Å². The van der Waals surface area contributed by atoms with Crippen molar-refractivity contribution in [3.05, 3.63) is 0 Å². The van der Waals surface area contributed by atoms with Gasteiger partial charge < -0.3 is 5.73 Å². The molecule has 0 aromatic rings.